The van der Waals surface area contributed by atoms with Crippen molar-refractivity contribution in [3.63, 3.8) is 0 Å². The first kappa shape index (κ1) is 20.9. The summed E-state index contributed by atoms with van der Waals surface area (Å²) in [6.45, 7) is 3.46. The van der Waals surface area contributed by atoms with E-state index in [0.717, 1.165) is 16.8 Å². The van der Waals surface area contributed by atoms with Crippen LogP contribution < -0.4 is 10.7 Å². The molecular formula is C17H18ClF3N4O2. The Bertz CT molecular complexity index is 892. The molecule has 0 spiro atoms. The molecule has 2 heterocycles. The summed E-state index contributed by atoms with van der Waals surface area (Å²) in [5.41, 5.74) is -1.89. The molecule has 1 fully saturated rings. The summed E-state index contributed by atoms with van der Waals surface area (Å²) in [5, 5.41) is 7.07. The van der Waals surface area contributed by atoms with Crippen LogP contribution in [0.25, 0.3) is 5.69 Å². The van der Waals surface area contributed by atoms with E-state index in [2.05, 4.69) is 10.4 Å². The van der Waals surface area contributed by atoms with Crippen molar-refractivity contribution in [1.29, 1.82) is 0 Å². The SMILES string of the molecule is Cc1cc(=O)c(C(=O)N2CCNCC2)nn1-c1ccccc1C(F)(F)F.Cl. The van der Waals surface area contributed by atoms with E-state index in [4.69, 9.17) is 0 Å². The zero-order valence-corrected chi connectivity index (χ0v) is 15.2. The van der Waals surface area contributed by atoms with Crippen LogP contribution in [0.2, 0.25) is 0 Å². The Morgan fingerprint density at radius 1 is 1.19 bits per heavy atom. The number of amides is 1. The molecule has 1 amide bonds. The molecule has 0 bridgehead atoms. The highest BCUT2D eigenvalue weighted by molar-refractivity contribution is 5.92. The smallest absolute Gasteiger partial charge is 0.335 e. The number of halogens is 4. The van der Waals surface area contributed by atoms with Gasteiger partial charge in [-0.15, -0.1) is 12.4 Å². The van der Waals surface area contributed by atoms with Crippen molar-refractivity contribution >= 4 is 18.3 Å². The van der Waals surface area contributed by atoms with Crippen LogP contribution in [0.5, 0.6) is 0 Å². The molecule has 1 saturated heterocycles. The van der Waals surface area contributed by atoms with Gasteiger partial charge in [0.1, 0.15) is 0 Å². The van der Waals surface area contributed by atoms with E-state index in [1.54, 1.807) is 0 Å². The molecule has 146 valence electrons. The first-order chi connectivity index (χ1) is 12.3. The summed E-state index contributed by atoms with van der Waals surface area (Å²) in [6, 6.07) is 6.05. The monoisotopic (exact) mass is 402 g/mol. The lowest BCUT2D eigenvalue weighted by Crippen LogP contribution is -2.48. The highest BCUT2D eigenvalue weighted by Crippen LogP contribution is 2.33. The van der Waals surface area contributed by atoms with Gasteiger partial charge in [-0.1, -0.05) is 12.1 Å². The number of carbonyl (C=O) groups excluding carboxylic acids is 1. The second-order valence-corrected chi connectivity index (χ2v) is 5.97. The van der Waals surface area contributed by atoms with Gasteiger partial charge in [-0.25, -0.2) is 4.68 Å². The number of aryl methyl sites for hydroxylation is 1. The normalized spacial score (nSPS) is 14.6. The zero-order valence-electron chi connectivity index (χ0n) is 14.4. The molecule has 1 aliphatic rings. The predicted octanol–water partition coefficient (Wildman–Crippen LogP) is 2.03. The average Bonchev–Trinajstić information content (AvgIpc) is 2.61. The lowest BCUT2D eigenvalue weighted by molar-refractivity contribution is -0.137. The highest BCUT2D eigenvalue weighted by Gasteiger charge is 2.34. The van der Waals surface area contributed by atoms with Gasteiger partial charge in [0.05, 0.1) is 11.3 Å². The van der Waals surface area contributed by atoms with E-state index in [0.29, 0.717) is 26.2 Å². The minimum absolute atomic E-state index is 0. The summed E-state index contributed by atoms with van der Waals surface area (Å²) in [7, 11) is 0. The Balaban J connectivity index is 0.00000261. The van der Waals surface area contributed by atoms with Crippen molar-refractivity contribution in [2.24, 2.45) is 0 Å². The van der Waals surface area contributed by atoms with Crippen LogP contribution in [-0.2, 0) is 6.18 Å². The van der Waals surface area contributed by atoms with Crippen LogP contribution in [0.15, 0.2) is 35.1 Å². The Morgan fingerprint density at radius 2 is 1.81 bits per heavy atom. The number of piperazine rings is 1. The van der Waals surface area contributed by atoms with E-state index in [-0.39, 0.29) is 29.5 Å². The van der Waals surface area contributed by atoms with Gasteiger partial charge in [0.25, 0.3) is 5.91 Å². The third kappa shape index (κ3) is 4.30. The Labute approximate surface area is 159 Å². The molecule has 1 aliphatic heterocycles. The molecule has 0 radical (unpaired) electrons. The molecule has 0 atom stereocenters. The molecular weight excluding hydrogens is 385 g/mol. The van der Waals surface area contributed by atoms with Crippen LogP contribution in [0.1, 0.15) is 21.7 Å². The van der Waals surface area contributed by atoms with Crippen LogP contribution in [0.4, 0.5) is 13.2 Å². The summed E-state index contributed by atoms with van der Waals surface area (Å²) in [4.78, 5) is 26.3. The molecule has 0 aliphatic carbocycles. The number of hydrogen-bond acceptors (Lipinski definition) is 4. The van der Waals surface area contributed by atoms with Crippen molar-refractivity contribution < 1.29 is 18.0 Å². The lowest BCUT2D eigenvalue weighted by Gasteiger charge is -2.27. The number of alkyl halides is 3. The molecule has 1 aromatic carbocycles. The number of benzene rings is 1. The van der Waals surface area contributed by atoms with Gasteiger partial charge in [-0.05, 0) is 19.1 Å². The van der Waals surface area contributed by atoms with Gasteiger partial charge in [0.15, 0.2) is 5.69 Å². The van der Waals surface area contributed by atoms with Crippen LogP contribution in [0, 0.1) is 6.92 Å². The fourth-order valence-electron chi connectivity index (χ4n) is 2.86. The lowest BCUT2D eigenvalue weighted by atomic mass is 10.1. The van der Waals surface area contributed by atoms with Crippen molar-refractivity contribution in [3.8, 4) is 5.69 Å². The third-order valence-electron chi connectivity index (χ3n) is 4.15. The van der Waals surface area contributed by atoms with E-state index >= 15 is 0 Å². The van der Waals surface area contributed by atoms with Crippen molar-refractivity contribution in [3.05, 3.63) is 57.5 Å². The van der Waals surface area contributed by atoms with Crippen molar-refractivity contribution in [2.45, 2.75) is 13.1 Å². The Kier molecular flexibility index (Phi) is 6.27. The van der Waals surface area contributed by atoms with Gasteiger partial charge in [0.2, 0.25) is 5.43 Å². The Morgan fingerprint density at radius 3 is 2.44 bits per heavy atom. The maximum absolute atomic E-state index is 13.3. The molecule has 1 aromatic heterocycles. The molecule has 0 saturated carbocycles. The van der Waals surface area contributed by atoms with Crippen molar-refractivity contribution in [1.82, 2.24) is 20.0 Å². The number of aromatic nitrogens is 2. The maximum atomic E-state index is 13.3. The second kappa shape index (κ2) is 8.10. The minimum atomic E-state index is -4.59. The third-order valence-corrected chi connectivity index (χ3v) is 4.15. The number of nitrogens with one attached hydrogen (secondary N) is 1. The Hall–Kier alpha value is -2.39. The highest BCUT2D eigenvalue weighted by atomic mass is 35.5. The van der Waals surface area contributed by atoms with E-state index < -0.39 is 23.1 Å². The number of rotatable bonds is 2. The van der Waals surface area contributed by atoms with Gasteiger partial charge < -0.3 is 10.2 Å². The molecule has 10 heteroatoms. The fraction of sp³-hybridized carbons (Fsp3) is 0.353. The van der Waals surface area contributed by atoms with Gasteiger partial charge in [-0.2, -0.15) is 18.3 Å². The summed E-state index contributed by atoms with van der Waals surface area (Å²) < 4.78 is 40.9. The molecule has 1 N–H and O–H groups in total. The molecule has 0 unspecified atom stereocenters. The summed E-state index contributed by atoms with van der Waals surface area (Å²) >= 11 is 0. The zero-order chi connectivity index (χ0) is 18.9. The maximum Gasteiger partial charge on any atom is 0.418 e. The van der Waals surface area contributed by atoms with Crippen LogP contribution in [-0.4, -0.2) is 46.8 Å². The average molecular weight is 403 g/mol. The first-order valence-electron chi connectivity index (χ1n) is 8.06. The molecule has 2 aromatic rings. The van der Waals surface area contributed by atoms with Crippen molar-refractivity contribution in [2.75, 3.05) is 26.2 Å². The van der Waals surface area contributed by atoms with E-state index in [1.807, 2.05) is 0 Å². The largest absolute Gasteiger partial charge is 0.418 e. The van der Waals surface area contributed by atoms with Crippen LogP contribution >= 0.6 is 12.4 Å². The molecule has 27 heavy (non-hydrogen) atoms. The summed E-state index contributed by atoms with van der Waals surface area (Å²) in [6.07, 6.45) is -4.59. The number of hydrogen-bond donors (Lipinski definition) is 1. The summed E-state index contributed by atoms with van der Waals surface area (Å²) in [5.74, 6) is -0.574. The predicted molar refractivity (Wildman–Crippen MR) is 95.6 cm³/mol. The quantitative estimate of drug-likeness (QED) is 0.834. The standard InChI is InChI=1S/C17H17F3N4O2.ClH/c1-11-10-14(25)15(16(26)23-8-6-21-7-9-23)22-24(11)13-5-3-2-4-12(13)17(18,19)20;/h2-5,10,21H,6-9H2,1H3;1H. The van der Waals surface area contributed by atoms with Gasteiger partial charge in [-0.3, -0.25) is 9.59 Å². The number of carbonyl (C=O) groups is 1. The van der Waals surface area contributed by atoms with Gasteiger partial charge in [0, 0.05) is 37.9 Å². The fourth-order valence-corrected chi connectivity index (χ4v) is 2.86. The molecule has 6 nitrogen and oxygen atoms in total. The van der Waals surface area contributed by atoms with Crippen LogP contribution in [0.3, 0.4) is 0 Å². The molecule has 3 rings (SSSR count). The second-order valence-electron chi connectivity index (χ2n) is 5.97. The van der Waals surface area contributed by atoms with Gasteiger partial charge >= 0.3 is 6.18 Å². The van der Waals surface area contributed by atoms with E-state index in [1.165, 1.54) is 30.0 Å². The number of nitrogens with zero attached hydrogens (tertiary/aromatic N) is 3. The van der Waals surface area contributed by atoms with E-state index in [9.17, 15) is 22.8 Å². The number of para-hydroxylation sites is 1. The minimum Gasteiger partial charge on any atom is -0.335 e. The topological polar surface area (TPSA) is 67.2 Å². The first-order valence-corrected chi connectivity index (χ1v) is 8.06.